The molecule has 0 atom stereocenters. The predicted molar refractivity (Wildman–Crippen MR) is 143 cm³/mol. The Kier molecular flexibility index (Phi) is 8.46. The van der Waals surface area contributed by atoms with Gasteiger partial charge in [-0.05, 0) is 55.0 Å². The Bertz CT molecular complexity index is 1170. The van der Waals surface area contributed by atoms with Crippen LogP contribution in [0.4, 0.5) is 10.7 Å². The number of ether oxygens (including phenoxy) is 2. The lowest BCUT2D eigenvalue weighted by molar-refractivity contribution is 0.0303. The molecular formula is C26H27N3O4S2. The lowest BCUT2D eigenvalue weighted by Crippen LogP contribution is -2.40. The molecule has 0 radical (unpaired) electrons. The van der Waals surface area contributed by atoms with Crippen molar-refractivity contribution in [1.29, 1.82) is 0 Å². The number of rotatable bonds is 7. The number of thiophene rings is 1. The molecule has 1 saturated heterocycles. The zero-order chi connectivity index (χ0) is 24.6. The van der Waals surface area contributed by atoms with E-state index in [2.05, 4.69) is 22.8 Å². The lowest BCUT2D eigenvalue weighted by Gasteiger charge is -2.26. The molecule has 1 amide bonds. The van der Waals surface area contributed by atoms with Crippen molar-refractivity contribution in [2.75, 3.05) is 43.5 Å². The number of morpholine rings is 1. The van der Waals surface area contributed by atoms with Crippen molar-refractivity contribution in [3.63, 3.8) is 0 Å². The number of esters is 1. The highest BCUT2D eigenvalue weighted by Gasteiger charge is 2.20. The largest absolute Gasteiger partial charge is 0.462 e. The van der Waals surface area contributed by atoms with Gasteiger partial charge in [-0.25, -0.2) is 4.79 Å². The Morgan fingerprint density at radius 2 is 1.77 bits per heavy atom. The second-order valence-corrected chi connectivity index (χ2v) is 9.44. The molecule has 4 rings (SSSR count). The van der Waals surface area contributed by atoms with Crippen molar-refractivity contribution in [2.45, 2.75) is 13.3 Å². The fourth-order valence-electron chi connectivity index (χ4n) is 3.69. The van der Waals surface area contributed by atoms with Gasteiger partial charge in [0.05, 0.1) is 25.4 Å². The first kappa shape index (κ1) is 24.8. The number of amides is 1. The van der Waals surface area contributed by atoms with E-state index in [0.29, 0.717) is 60.6 Å². The molecule has 1 aliphatic rings. The van der Waals surface area contributed by atoms with E-state index in [4.69, 9.17) is 21.7 Å². The van der Waals surface area contributed by atoms with Gasteiger partial charge < -0.3 is 25.0 Å². The molecule has 2 N–H and O–H groups in total. The maximum absolute atomic E-state index is 12.6. The number of anilines is 2. The third-order valence-corrected chi connectivity index (χ3v) is 6.67. The highest BCUT2D eigenvalue weighted by atomic mass is 32.1. The second-order valence-electron chi connectivity index (χ2n) is 7.90. The van der Waals surface area contributed by atoms with E-state index in [-0.39, 0.29) is 11.9 Å². The summed E-state index contributed by atoms with van der Waals surface area (Å²) in [6.07, 6.45) is 0.707. The second kappa shape index (κ2) is 11.9. The maximum atomic E-state index is 12.6. The molecule has 1 aliphatic heterocycles. The van der Waals surface area contributed by atoms with Crippen LogP contribution in [0, 0.1) is 0 Å². The summed E-state index contributed by atoms with van der Waals surface area (Å²) in [5, 5.41) is 7.24. The molecule has 7 nitrogen and oxygen atoms in total. The summed E-state index contributed by atoms with van der Waals surface area (Å²) in [6.45, 7) is 4.40. The number of nitrogens with one attached hydrogen (secondary N) is 2. The number of carbonyl (C=O) groups excluding carboxylic acids is 2. The number of hydrogen-bond donors (Lipinski definition) is 2. The smallest absolute Gasteiger partial charge is 0.341 e. The van der Waals surface area contributed by atoms with Crippen LogP contribution in [-0.2, 0) is 15.9 Å². The average Bonchev–Trinajstić information content (AvgIpc) is 3.27. The third kappa shape index (κ3) is 6.66. The van der Waals surface area contributed by atoms with Gasteiger partial charge in [-0.15, -0.1) is 11.3 Å². The van der Waals surface area contributed by atoms with Crippen LogP contribution in [0.25, 0.3) is 0 Å². The monoisotopic (exact) mass is 509 g/mol. The van der Waals surface area contributed by atoms with Crippen LogP contribution < -0.4 is 10.6 Å². The van der Waals surface area contributed by atoms with E-state index in [1.165, 1.54) is 11.3 Å². The average molecular weight is 510 g/mol. The predicted octanol–water partition coefficient (Wildman–Crippen LogP) is 4.80. The van der Waals surface area contributed by atoms with Crippen molar-refractivity contribution >= 4 is 51.2 Å². The summed E-state index contributed by atoms with van der Waals surface area (Å²) >= 11 is 6.97. The molecular weight excluding hydrogens is 482 g/mol. The van der Waals surface area contributed by atoms with Crippen LogP contribution in [0.15, 0.2) is 60.7 Å². The standard InChI is InChI=1S/C26H27N3O4S2/c1-2-33-25(31)22-17-21(16-18-6-4-3-5-7-18)35-23(22)28-26(34)27-20-10-8-19(9-11-20)24(30)29-12-14-32-15-13-29/h3-11,17H,2,12-16H2,1H3,(H2,27,28,34). The van der Waals surface area contributed by atoms with Crippen LogP contribution in [0.1, 0.15) is 38.1 Å². The first-order chi connectivity index (χ1) is 17.0. The normalized spacial score (nSPS) is 13.2. The molecule has 2 aromatic carbocycles. The highest BCUT2D eigenvalue weighted by Crippen LogP contribution is 2.31. The Labute approximate surface area is 214 Å². The van der Waals surface area contributed by atoms with Gasteiger partial charge in [-0.2, -0.15) is 0 Å². The minimum Gasteiger partial charge on any atom is -0.462 e. The minimum atomic E-state index is -0.390. The van der Waals surface area contributed by atoms with Gasteiger partial charge in [0, 0.05) is 35.6 Å². The molecule has 0 bridgehead atoms. The SMILES string of the molecule is CCOC(=O)c1cc(Cc2ccccc2)sc1NC(=S)Nc1ccc(C(=O)N2CCOCC2)cc1. The Hall–Kier alpha value is -3.27. The minimum absolute atomic E-state index is 0.0100. The topological polar surface area (TPSA) is 79.9 Å². The lowest BCUT2D eigenvalue weighted by atomic mass is 10.1. The van der Waals surface area contributed by atoms with Crippen molar-refractivity contribution in [1.82, 2.24) is 4.90 Å². The molecule has 1 aromatic heterocycles. The number of hydrogen-bond acceptors (Lipinski definition) is 6. The maximum Gasteiger partial charge on any atom is 0.341 e. The van der Waals surface area contributed by atoms with Crippen LogP contribution in [-0.4, -0.2) is 54.8 Å². The van der Waals surface area contributed by atoms with E-state index in [1.807, 2.05) is 36.4 Å². The van der Waals surface area contributed by atoms with Gasteiger partial charge >= 0.3 is 5.97 Å². The van der Waals surface area contributed by atoms with Gasteiger partial charge in [0.25, 0.3) is 5.91 Å². The molecule has 0 spiro atoms. The molecule has 3 aromatic rings. The number of nitrogens with zero attached hydrogens (tertiary/aromatic N) is 1. The first-order valence-corrected chi connectivity index (χ1v) is 12.6. The van der Waals surface area contributed by atoms with Crippen molar-refractivity contribution in [3.8, 4) is 0 Å². The van der Waals surface area contributed by atoms with Crippen molar-refractivity contribution < 1.29 is 19.1 Å². The zero-order valence-corrected chi connectivity index (χ0v) is 21.0. The number of benzene rings is 2. The summed E-state index contributed by atoms with van der Waals surface area (Å²) in [5.41, 5.74) is 2.96. The Morgan fingerprint density at radius 1 is 1.06 bits per heavy atom. The fourth-order valence-corrected chi connectivity index (χ4v) is 5.06. The molecule has 9 heteroatoms. The molecule has 0 saturated carbocycles. The van der Waals surface area contributed by atoms with E-state index < -0.39 is 0 Å². The molecule has 0 aliphatic carbocycles. The van der Waals surface area contributed by atoms with E-state index >= 15 is 0 Å². The molecule has 35 heavy (non-hydrogen) atoms. The number of thiocarbonyl (C=S) groups is 1. The Balaban J connectivity index is 1.42. The van der Waals surface area contributed by atoms with Gasteiger partial charge in [-0.3, -0.25) is 4.79 Å². The van der Waals surface area contributed by atoms with Crippen molar-refractivity contribution in [3.05, 3.63) is 82.2 Å². The molecule has 182 valence electrons. The quantitative estimate of drug-likeness (QED) is 0.350. The van der Waals surface area contributed by atoms with Crippen molar-refractivity contribution in [2.24, 2.45) is 0 Å². The van der Waals surface area contributed by atoms with Gasteiger partial charge in [0.2, 0.25) is 0 Å². The summed E-state index contributed by atoms with van der Waals surface area (Å²) < 4.78 is 10.5. The van der Waals surface area contributed by atoms with Crippen LogP contribution >= 0.6 is 23.6 Å². The van der Waals surface area contributed by atoms with E-state index in [0.717, 1.165) is 16.1 Å². The molecule has 0 unspecified atom stereocenters. The summed E-state index contributed by atoms with van der Waals surface area (Å²) in [7, 11) is 0. The van der Waals surface area contributed by atoms with E-state index in [9.17, 15) is 9.59 Å². The van der Waals surface area contributed by atoms with E-state index in [1.54, 1.807) is 24.0 Å². The summed E-state index contributed by atoms with van der Waals surface area (Å²) in [6, 6.07) is 19.1. The van der Waals surface area contributed by atoms with Gasteiger partial charge in [0.15, 0.2) is 5.11 Å². The van der Waals surface area contributed by atoms with Crippen LogP contribution in [0.5, 0.6) is 0 Å². The summed E-state index contributed by atoms with van der Waals surface area (Å²) in [5.74, 6) is -0.400. The first-order valence-electron chi connectivity index (χ1n) is 11.4. The summed E-state index contributed by atoms with van der Waals surface area (Å²) in [4.78, 5) is 28.0. The fraction of sp³-hybridized carbons (Fsp3) is 0.269. The van der Waals surface area contributed by atoms with Crippen LogP contribution in [0.2, 0.25) is 0 Å². The number of carbonyl (C=O) groups is 2. The zero-order valence-electron chi connectivity index (χ0n) is 19.4. The third-order valence-electron chi connectivity index (χ3n) is 5.41. The van der Waals surface area contributed by atoms with Gasteiger partial charge in [-0.1, -0.05) is 30.3 Å². The highest BCUT2D eigenvalue weighted by molar-refractivity contribution is 7.80. The van der Waals surface area contributed by atoms with Gasteiger partial charge in [0.1, 0.15) is 5.00 Å². The Morgan fingerprint density at radius 3 is 2.46 bits per heavy atom. The van der Waals surface area contributed by atoms with Crippen LogP contribution in [0.3, 0.4) is 0 Å². The molecule has 2 heterocycles. The molecule has 1 fully saturated rings.